The van der Waals surface area contributed by atoms with Gasteiger partial charge in [0.2, 0.25) is 5.13 Å². The van der Waals surface area contributed by atoms with E-state index < -0.39 is 15.2 Å². The van der Waals surface area contributed by atoms with Gasteiger partial charge in [-0.25, -0.2) is 8.42 Å². The van der Waals surface area contributed by atoms with Crippen molar-refractivity contribution in [2.24, 2.45) is 0 Å². The highest BCUT2D eigenvalue weighted by Gasteiger charge is 2.36. The van der Waals surface area contributed by atoms with Crippen LogP contribution in [0.25, 0.3) is 0 Å². The molecule has 2 N–H and O–H groups in total. The van der Waals surface area contributed by atoms with Gasteiger partial charge in [0.05, 0.1) is 22.9 Å². The predicted molar refractivity (Wildman–Crippen MR) is 85.3 cm³/mol. The maximum atomic E-state index is 11.5. The molecule has 6 nitrogen and oxygen atoms in total. The first kappa shape index (κ1) is 15.9. The highest BCUT2D eigenvalue weighted by molar-refractivity contribution is 7.91. The third-order valence-corrected chi connectivity index (χ3v) is 6.24. The zero-order valence-corrected chi connectivity index (χ0v) is 14.0. The van der Waals surface area contributed by atoms with Gasteiger partial charge in [-0.2, -0.15) is 0 Å². The number of hydrogen-bond donors (Lipinski definition) is 2. The number of nitrogens with zero attached hydrogens (tertiary/aromatic N) is 2. The SMILES string of the molecule is CCCc1nnc(NC(=S)N[C@@H]2CS(=O)(=O)C[C@@H]2Cl)s1. The molecule has 10 heteroatoms. The van der Waals surface area contributed by atoms with E-state index in [0.29, 0.717) is 10.2 Å². The molecule has 1 aromatic heterocycles. The Labute approximate surface area is 132 Å². The summed E-state index contributed by atoms with van der Waals surface area (Å²) in [7, 11) is -3.07. The molecule has 0 radical (unpaired) electrons. The summed E-state index contributed by atoms with van der Waals surface area (Å²) in [5.74, 6) is -0.0194. The lowest BCUT2D eigenvalue weighted by molar-refractivity contribution is 0.600. The summed E-state index contributed by atoms with van der Waals surface area (Å²) in [5, 5.41) is 15.2. The van der Waals surface area contributed by atoms with Gasteiger partial charge in [-0.1, -0.05) is 18.3 Å². The predicted octanol–water partition coefficient (Wildman–Crippen LogP) is 1.18. The molecular formula is C10H15ClN4O2S3. The van der Waals surface area contributed by atoms with Crippen LogP contribution in [-0.4, -0.2) is 46.7 Å². The van der Waals surface area contributed by atoms with E-state index in [4.69, 9.17) is 23.8 Å². The molecule has 2 heterocycles. The highest BCUT2D eigenvalue weighted by atomic mass is 35.5. The molecule has 0 aliphatic carbocycles. The van der Waals surface area contributed by atoms with Crippen LogP contribution in [0.4, 0.5) is 5.13 Å². The van der Waals surface area contributed by atoms with Gasteiger partial charge >= 0.3 is 0 Å². The lowest BCUT2D eigenvalue weighted by Crippen LogP contribution is -2.42. The van der Waals surface area contributed by atoms with Crippen molar-refractivity contribution >= 4 is 55.2 Å². The summed E-state index contributed by atoms with van der Waals surface area (Å²) in [6, 6.07) is -0.371. The number of alkyl halides is 1. The second kappa shape index (κ2) is 6.50. The number of hydrogen-bond acceptors (Lipinski definition) is 6. The zero-order chi connectivity index (χ0) is 14.8. The van der Waals surface area contributed by atoms with Crippen molar-refractivity contribution in [1.82, 2.24) is 15.5 Å². The van der Waals surface area contributed by atoms with E-state index in [2.05, 4.69) is 27.8 Å². The van der Waals surface area contributed by atoms with E-state index >= 15 is 0 Å². The number of aromatic nitrogens is 2. The number of halogens is 1. The summed E-state index contributed by atoms with van der Waals surface area (Å²) in [4.78, 5) is 0. The van der Waals surface area contributed by atoms with Gasteiger partial charge in [-0.15, -0.1) is 21.8 Å². The quantitative estimate of drug-likeness (QED) is 0.620. The molecule has 1 aliphatic rings. The topological polar surface area (TPSA) is 84.0 Å². The summed E-state index contributed by atoms with van der Waals surface area (Å²) in [6.07, 6.45) is 1.88. The van der Waals surface area contributed by atoms with E-state index in [-0.39, 0.29) is 17.5 Å². The minimum Gasteiger partial charge on any atom is -0.357 e. The molecule has 1 aliphatic heterocycles. The fraction of sp³-hybridized carbons (Fsp3) is 0.700. The maximum absolute atomic E-state index is 11.5. The minimum absolute atomic E-state index is 0.000189. The van der Waals surface area contributed by atoms with Crippen molar-refractivity contribution in [2.45, 2.75) is 31.2 Å². The summed E-state index contributed by atoms with van der Waals surface area (Å²) < 4.78 is 22.9. The van der Waals surface area contributed by atoms with Crippen molar-refractivity contribution in [3.8, 4) is 0 Å². The van der Waals surface area contributed by atoms with Crippen molar-refractivity contribution in [2.75, 3.05) is 16.8 Å². The fourth-order valence-corrected chi connectivity index (χ4v) is 5.57. The molecule has 1 fully saturated rings. The van der Waals surface area contributed by atoms with Crippen LogP contribution in [0.15, 0.2) is 0 Å². The maximum Gasteiger partial charge on any atom is 0.211 e. The number of nitrogens with one attached hydrogen (secondary N) is 2. The van der Waals surface area contributed by atoms with Crippen molar-refractivity contribution in [3.63, 3.8) is 0 Å². The third-order valence-electron chi connectivity index (χ3n) is 2.75. The van der Waals surface area contributed by atoms with Crippen LogP contribution in [0, 0.1) is 0 Å². The van der Waals surface area contributed by atoms with Gasteiger partial charge in [-0.05, 0) is 18.6 Å². The van der Waals surface area contributed by atoms with E-state index in [1.807, 2.05) is 0 Å². The lowest BCUT2D eigenvalue weighted by Gasteiger charge is -2.16. The Hall–Kier alpha value is -0.510. The number of thiocarbonyl (C=S) groups is 1. The van der Waals surface area contributed by atoms with Crippen molar-refractivity contribution in [3.05, 3.63) is 5.01 Å². The van der Waals surface area contributed by atoms with Crippen LogP contribution in [0.1, 0.15) is 18.4 Å². The van der Waals surface area contributed by atoms with Gasteiger partial charge in [0, 0.05) is 6.42 Å². The molecule has 0 spiro atoms. The third kappa shape index (κ3) is 4.24. The molecule has 1 aromatic rings. The number of anilines is 1. The smallest absolute Gasteiger partial charge is 0.211 e. The molecule has 0 amide bonds. The largest absolute Gasteiger partial charge is 0.357 e. The molecule has 2 atom stereocenters. The van der Waals surface area contributed by atoms with Crippen LogP contribution in [0.3, 0.4) is 0 Å². The van der Waals surface area contributed by atoms with Gasteiger partial charge in [0.25, 0.3) is 0 Å². The normalized spacial score (nSPS) is 24.5. The first-order chi connectivity index (χ1) is 9.39. The average Bonchev–Trinajstić information content (AvgIpc) is 2.84. The highest BCUT2D eigenvalue weighted by Crippen LogP contribution is 2.19. The minimum atomic E-state index is -3.07. The monoisotopic (exact) mass is 354 g/mol. The van der Waals surface area contributed by atoms with E-state index in [9.17, 15) is 8.42 Å². The number of aryl methyl sites for hydroxylation is 1. The van der Waals surface area contributed by atoms with Gasteiger partial charge in [-0.3, -0.25) is 0 Å². The second-order valence-electron chi connectivity index (χ2n) is 4.55. The Morgan fingerprint density at radius 2 is 2.25 bits per heavy atom. The Balaban J connectivity index is 1.89. The Morgan fingerprint density at radius 1 is 1.50 bits per heavy atom. The average molecular weight is 355 g/mol. The molecule has 112 valence electrons. The van der Waals surface area contributed by atoms with Crippen LogP contribution < -0.4 is 10.6 Å². The van der Waals surface area contributed by atoms with Gasteiger partial charge < -0.3 is 10.6 Å². The van der Waals surface area contributed by atoms with Crippen molar-refractivity contribution in [1.29, 1.82) is 0 Å². The van der Waals surface area contributed by atoms with Crippen LogP contribution in [0.5, 0.6) is 0 Å². The first-order valence-electron chi connectivity index (χ1n) is 6.14. The Bertz CT molecular complexity index is 589. The Morgan fingerprint density at radius 3 is 2.85 bits per heavy atom. The summed E-state index contributed by atoms with van der Waals surface area (Å²) in [6.45, 7) is 2.07. The molecule has 1 saturated heterocycles. The summed E-state index contributed by atoms with van der Waals surface area (Å²) >= 11 is 12.6. The molecule has 2 rings (SSSR count). The molecule has 20 heavy (non-hydrogen) atoms. The fourth-order valence-electron chi connectivity index (χ4n) is 1.86. The van der Waals surface area contributed by atoms with Gasteiger partial charge in [0.15, 0.2) is 14.9 Å². The second-order valence-corrected chi connectivity index (χ2v) is 8.73. The standard InChI is InChI=1S/C10H15ClN4O2S3/c1-2-3-8-14-15-10(19-8)13-9(18)12-7-5-20(16,17)4-6(7)11/h6-7H,2-5H2,1H3,(H2,12,13,15,18)/t6-,7+/m0/s1. The van der Waals surface area contributed by atoms with E-state index in [0.717, 1.165) is 17.8 Å². The molecular weight excluding hydrogens is 340 g/mol. The van der Waals surface area contributed by atoms with E-state index in [1.54, 1.807) is 0 Å². The van der Waals surface area contributed by atoms with Crippen LogP contribution in [0.2, 0.25) is 0 Å². The lowest BCUT2D eigenvalue weighted by atomic mass is 10.3. The van der Waals surface area contributed by atoms with Crippen molar-refractivity contribution < 1.29 is 8.42 Å². The summed E-state index contributed by atoms with van der Waals surface area (Å²) in [5.41, 5.74) is 0. The van der Waals surface area contributed by atoms with Gasteiger partial charge in [0.1, 0.15) is 5.01 Å². The van der Waals surface area contributed by atoms with Crippen LogP contribution >= 0.6 is 35.2 Å². The zero-order valence-electron chi connectivity index (χ0n) is 10.8. The van der Waals surface area contributed by atoms with E-state index in [1.165, 1.54) is 11.3 Å². The first-order valence-corrected chi connectivity index (χ1v) is 9.62. The molecule has 0 aromatic carbocycles. The molecule has 0 saturated carbocycles. The van der Waals surface area contributed by atoms with Crippen LogP contribution in [-0.2, 0) is 16.3 Å². The molecule has 0 bridgehead atoms. The molecule has 0 unspecified atom stereocenters. The Kier molecular flexibility index (Phi) is 5.16. The number of sulfone groups is 1. The number of rotatable bonds is 4.